The van der Waals surface area contributed by atoms with Gasteiger partial charge in [0.25, 0.3) is 5.92 Å². The maximum absolute atomic E-state index is 13.0. The molecule has 1 aliphatic carbocycles. The van der Waals surface area contributed by atoms with Crippen LogP contribution in [0.25, 0.3) is 0 Å². The molecule has 2 amide bonds. The zero-order valence-electron chi connectivity index (χ0n) is 19.7. The summed E-state index contributed by atoms with van der Waals surface area (Å²) in [5.41, 5.74) is 0.933. The maximum Gasteiger partial charge on any atom is 0.320 e. The van der Waals surface area contributed by atoms with Gasteiger partial charge in [0.1, 0.15) is 29.7 Å². The van der Waals surface area contributed by atoms with Gasteiger partial charge in [-0.05, 0) is 36.8 Å². The minimum absolute atomic E-state index is 0.00876. The Bertz CT molecular complexity index is 1160. The van der Waals surface area contributed by atoms with Crippen LogP contribution in [0.2, 0.25) is 0 Å². The number of nitrogens with one attached hydrogen (secondary N) is 2. The number of alkyl halides is 2. The van der Waals surface area contributed by atoms with Gasteiger partial charge in [-0.2, -0.15) is 0 Å². The molecule has 1 aromatic carbocycles. The zero-order chi connectivity index (χ0) is 25.1. The number of hydrogen-bond donors (Lipinski definition) is 2. The number of amides is 2. The highest BCUT2D eigenvalue weighted by Crippen LogP contribution is 2.48. The predicted octanol–water partition coefficient (Wildman–Crippen LogP) is 4.64. The van der Waals surface area contributed by atoms with Crippen molar-refractivity contribution >= 4 is 17.7 Å². The highest BCUT2D eigenvalue weighted by atomic mass is 19.3. The van der Waals surface area contributed by atoms with Gasteiger partial charge in [-0.25, -0.2) is 18.6 Å². The van der Waals surface area contributed by atoms with E-state index in [9.17, 15) is 13.6 Å². The molecule has 36 heavy (non-hydrogen) atoms. The molecule has 3 aromatic rings. The van der Waals surface area contributed by atoms with Crippen LogP contribution in [-0.2, 0) is 0 Å². The van der Waals surface area contributed by atoms with Gasteiger partial charge in [0, 0.05) is 25.5 Å². The lowest BCUT2D eigenvalue weighted by Crippen LogP contribution is -2.31. The van der Waals surface area contributed by atoms with Gasteiger partial charge in [0.2, 0.25) is 0 Å². The van der Waals surface area contributed by atoms with Gasteiger partial charge >= 0.3 is 6.03 Å². The molecule has 0 spiro atoms. The molecule has 11 heteroatoms. The van der Waals surface area contributed by atoms with Crippen LogP contribution < -0.4 is 25.0 Å². The molecule has 190 valence electrons. The monoisotopic (exact) mass is 499 g/mol. The van der Waals surface area contributed by atoms with Crippen molar-refractivity contribution in [1.82, 2.24) is 15.5 Å². The summed E-state index contributed by atoms with van der Waals surface area (Å²) in [6.07, 6.45) is 3.71. The zero-order valence-corrected chi connectivity index (χ0v) is 19.7. The van der Waals surface area contributed by atoms with Crippen molar-refractivity contribution in [3.8, 4) is 11.5 Å². The first-order chi connectivity index (χ1) is 17.4. The van der Waals surface area contributed by atoms with Gasteiger partial charge in [-0.1, -0.05) is 17.3 Å². The number of ether oxygens (including phenoxy) is 2. The number of urea groups is 1. The smallest absolute Gasteiger partial charge is 0.320 e. The van der Waals surface area contributed by atoms with E-state index in [-0.39, 0.29) is 31.2 Å². The first-order valence-electron chi connectivity index (χ1n) is 11.8. The van der Waals surface area contributed by atoms with E-state index < -0.39 is 11.8 Å². The molecule has 2 aliphatic rings. The summed E-state index contributed by atoms with van der Waals surface area (Å²) in [7, 11) is 0. The largest absolute Gasteiger partial charge is 0.491 e. The van der Waals surface area contributed by atoms with Crippen LogP contribution >= 0.6 is 0 Å². The lowest BCUT2D eigenvalue weighted by Gasteiger charge is -2.19. The highest BCUT2D eigenvalue weighted by Gasteiger charge is 2.57. The third kappa shape index (κ3) is 5.84. The summed E-state index contributed by atoms with van der Waals surface area (Å²) < 4.78 is 42.2. The normalized spacial score (nSPS) is 21.0. The molecule has 3 heterocycles. The second-order valence-corrected chi connectivity index (χ2v) is 9.07. The van der Waals surface area contributed by atoms with Crippen LogP contribution in [0.15, 0.2) is 59.4 Å². The first-order valence-corrected chi connectivity index (χ1v) is 11.8. The quantitative estimate of drug-likeness (QED) is 0.442. The third-order valence-corrected chi connectivity index (χ3v) is 6.31. The van der Waals surface area contributed by atoms with E-state index in [1.165, 1.54) is 6.26 Å². The van der Waals surface area contributed by atoms with Crippen molar-refractivity contribution in [1.29, 1.82) is 0 Å². The number of halogens is 2. The highest BCUT2D eigenvalue weighted by molar-refractivity contribution is 5.88. The molecule has 0 bridgehead atoms. The molecule has 5 rings (SSSR count). The summed E-state index contributed by atoms with van der Waals surface area (Å²) in [4.78, 5) is 18.6. The van der Waals surface area contributed by atoms with E-state index in [4.69, 9.17) is 14.0 Å². The van der Waals surface area contributed by atoms with E-state index in [0.29, 0.717) is 18.1 Å². The van der Waals surface area contributed by atoms with Gasteiger partial charge in [0.05, 0.1) is 31.3 Å². The number of carbonyl (C=O) groups excluding carboxylic acids is 1. The second-order valence-electron chi connectivity index (χ2n) is 9.07. The van der Waals surface area contributed by atoms with Crippen molar-refractivity contribution in [2.75, 3.05) is 29.9 Å². The summed E-state index contributed by atoms with van der Waals surface area (Å²) >= 11 is 0. The number of hydrogen-bond acceptors (Lipinski definition) is 7. The number of nitrogens with zero attached hydrogens (tertiary/aromatic N) is 3. The minimum atomic E-state index is -2.58. The Balaban J connectivity index is 1.07. The molecule has 3 atom stereocenters. The Morgan fingerprint density at radius 3 is 2.67 bits per heavy atom. The average Bonchev–Trinajstić information content (AvgIpc) is 3.25. The number of pyridine rings is 1. The molecule has 2 fully saturated rings. The molecule has 1 saturated heterocycles. The molecule has 1 aliphatic heterocycles. The summed E-state index contributed by atoms with van der Waals surface area (Å²) in [5, 5.41) is 9.09. The Hall–Kier alpha value is -3.89. The van der Waals surface area contributed by atoms with Crippen molar-refractivity contribution < 1.29 is 27.6 Å². The number of rotatable bonds is 9. The van der Waals surface area contributed by atoms with E-state index in [1.54, 1.807) is 18.3 Å². The van der Waals surface area contributed by atoms with Crippen LogP contribution in [0.1, 0.15) is 31.4 Å². The Morgan fingerprint density at radius 1 is 1.22 bits per heavy atom. The summed E-state index contributed by atoms with van der Waals surface area (Å²) in [5.74, 6) is -0.889. The van der Waals surface area contributed by atoms with Crippen LogP contribution in [-0.4, -0.2) is 47.9 Å². The molecule has 9 nitrogen and oxygen atoms in total. The Morgan fingerprint density at radius 2 is 2.00 bits per heavy atom. The SMILES string of the molecule is C[C@H](NC(=O)Nc1ccon1)c1ccc(O[C@@H]2CCN(c3ccc(OCC4CC4(F)F)cn3)C2)cc1. The van der Waals surface area contributed by atoms with Crippen molar-refractivity contribution in [3.63, 3.8) is 0 Å². The average molecular weight is 500 g/mol. The molecular formula is C25H27F2N5O4. The Labute approximate surface area is 206 Å². The van der Waals surface area contributed by atoms with Crippen LogP contribution in [0.5, 0.6) is 11.5 Å². The third-order valence-electron chi connectivity index (χ3n) is 6.31. The predicted molar refractivity (Wildman–Crippen MR) is 128 cm³/mol. The maximum atomic E-state index is 13.0. The fraction of sp³-hybridized carbons (Fsp3) is 0.400. The van der Waals surface area contributed by atoms with E-state index >= 15 is 0 Å². The van der Waals surface area contributed by atoms with Gasteiger partial charge in [-0.3, -0.25) is 5.32 Å². The van der Waals surface area contributed by atoms with Crippen molar-refractivity contribution in [2.24, 2.45) is 5.92 Å². The fourth-order valence-corrected chi connectivity index (χ4v) is 4.06. The number of aromatic nitrogens is 2. The van der Waals surface area contributed by atoms with E-state index in [0.717, 1.165) is 30.1 Å². The Kier molecular flexibility index (Phi) is 6.62. The molecule has 1 saturated carbocycles. The molecule has 2 N–H and O–H groups in total. The molecule has 2 aromatic heterocycles. The number of carbonyl (C=O) groups is 1. The second kappa shape index (κ2) is 10.00. The van der Waals surface area contributed by atoms with Crippen molar-refractivity contribution in [3.05, 3.63) is 60.5 Å². The van der Waals surface area contributed by atoms with E-state index in [1.807, 2.05) is 37.3 Å². The molecule has 0 radical (unpaired) electrons. The fourth-order valence-electron chi connectivity index (χ4n) is 4.06. The molecule has 1 unspecified atom stereocenters. The van der Waals surface area contributed by atoms with Crippen LogP contribution in [0, 0.1) is 5.92 Å². The number of anilines is 2. The lowest BCUT2D eigenvalue weighted by atomic mass is 10.1. The van der Waals surface area contributed by atoms with Crippen LogP contribution in [0.4, 0.5) is 25.2 Å². The van der Waals surface area contributed by atoms with Gasteiger partial charge in [-0.15, -0.1) is 0 Å². The topological polar surface area (TPSA) is 102 Å². The van der Waals surface area contributed by atoms with Gasteiger partial charge < -0.3 is 24.2 Å². The first kappa shape index (κ1) is 23.8. The molecular weight excluding hydrogens is 472 g/mol. The summed E-state index contributed by atoms with van der Waals surface area (Å²) in [6, 6.07) is 12.2. The van der Waals surface area contributed by atoms with Crippen LogP contribution in [0.3, 0.4) is 0 Å². The van der Waals surface area contributed by atoms with E-state index in [2.05, 4.69) is 25.7 Å². The lowest BCUT2D eigenvalue weighted by molar-refractivity contribution is 0.0855. The minimum Gasteiger partial charge on any atom is -0.491 e. The number of benzene rings is 1. The standard InChI is InChI=1S/C25H27F2N5O4/c1-16(29-24(33)30-22-9-11-35-31-22)17-2-4-19(5-3-17)36-21-8-10-32(14-21)23-7-6-20(13-28-23)34-15-18-12-25(18,26)27/h2-7,9,11,13,16,18,21H,8,10,12,14-15H2,1H3,(H2,29,30,31,33)/t16-,18?,21+/m0/s1. The summed E-state index contributed by atoms with van der Waals surface area (Å²) in [6.45, 7) is 3.38. The van der Waals surface area contributed by atoms with Gasteiger partial charge in [0.15, 0.2) is 5.82 Å². The van der Waals surface area contributed by atoms with Crippen molar-refractivity contribution in [2.45, 2.75) is 37.8 Å².